The van der Waals surface area contributed by atoms with E-state index in [0.717, 1.165) is 0 Å². The zero-order chi connectivity index (χ0) is 11.2. The number of hydrogen-bond acceptors (Lipinski definition) is 4. The van der Waals surface area contributed by atoms with Crippen molar-refractivity contribution in [2.24, 2.45) is 0 Å². The smallest absolute Gasteiger partial charge is 0.228 e. The maximum Gasteiger partial charge on any atom is 0.228 e. The van der Waals surface area contributed by atoms with Gasteiger partial charge in [0.15, 0.2) is 5.25 Å². The highest BCUT2D eigenvalue weighted by atomic mass is 32.2. The van der Waals surface area contributed by atoms with Crippen LogP contribution in [-0.4, -0.2) is 31.4 Å². The minimum Gasteiger partial charge on any atom is -0.395 e. The van der Waals surface area contributed by atoms with E-state index in [2.05, 4.69) is 4.72 Å². The van der Waals surface area contributed by atoms with Gasteiger partial charge in [0.2, 0.25) is 10.0 Å². The summed E-state index contributed by atoms with van der Waals surface area (Å²) in [5, 5.41) is 16.4. The van der Waals surface area contributed by atoms with Gasteiger partial charge in [-0.05, 0) is 12.8 Å². The van der Waals surface area contributed by atoms with Crippen LogP contribution in [0.4, 0.5) is 0 Å². The third kappa shape index (κ3) is 3.62. The zero-order valence-electron chi connectivity index (χ0n) is 8.40. The first-order valence-corrected chi connectivity index (χ1v) is 6.08. The van der Waals surface area contributed by atoms with E-state index in [0.29, 0.717) is 6.42 Å². The molecule has 0 aromatic heterocycles. The minimum absolute atomic E-state index is 0.244. The van der Waals surface area contributed by atoms with E-state index in [9.17, 15) is 8.42 Å². The first-order valence-electron chi connectivity index (χ1n) is 4.53. The van der Waals surface area contributed by atoms with Crippen LogP contribution in [0.5, 0.6) is 0 Å². The van der Waals surface area contributed by atoms with Gasteiger partial charge in [-0.2, -0.15) is 5.26 Å². The summed E-state index contributed by atoms with van der Waals surface area (Å²) in [6.45, 7) is 3.14. The van der Waals surface area contributed by atoms with E-state index in [1.807, 2.05) is 0 Å². The Morgan fingerprint density at radius 2 is 2.00 bits per heavy atom. The van der Waals surface area contributed by atoms with Gasteiger partial charge >= 0.3 is 0 Å². The van der Waals surface area contributed by atoms with E-state index in [-0.39, 0.29) is 13.0 Å². The van der Waals surface area contributed by atoms with Crippen molar-refractivity contribution in [1.82, 2.24) is 4.72 Å². The Morgan fingerprint density at radius 1 is 1.43 bits per heavy atom. The normalized spacial score (nSPS) is 15.9. The van der Waals surface area contributed by atoms with Gasteiger partial charge in [-0.15, -0.1) is 0 Å². The number of aliphatic hydroxyl groups is 1. The minimum atomic E-state index is -3.62. The summed E-state index contributed by atoms with van der Waals surface area (Å²) in [6, 6.07) is 1.22. The third-order valence-corrected chi connectivity index (χ3v) is 3.78. The molecule has 0 saturated heterocycles. The Bertz CT molecular complexity index is 290. The molecule has 0 amide bonds. The highest BCUT2D eigenvalue weighted by Gasteiger charge is 2.25. The van der Waals surface area contributed by atoms with E-state index >= 15 is 0 Å². The molecule has 0 heterocycles. The SMILES string of the molecule is CCC(C#N)S(=O)(=O)N[C@H](CC)CO. The van der Waals surface area contributed by atoms with Crippen molar-refractivity contribution < 1.29 is 13.5 Å². The molecule has 0 aromatic rings. The average Bonchev–Trinajstić information content (AvgIpc) is 2.15. The second-order valence-corrected chi connectivity index (χ2v) is 4.87. The summed E-state index contributed by atoms with van der Waals surface area (Å²) in [7, 11) is -3.62. The number of nitrogens with zero attached hydrogens (tertiary/aromatic N) is 1. The van der Waals surface area contributed by atoms with Gasteiger partial charge in [-0.1, -0.05) is 13.8 Å². The molecule has 6 heteroatoms. The second-order valence-electron chi connectivity index (χ2n) is 2.98. The number of rotatable bonds is 6. The Hall–Kier alpha value is -0.640. The van der Waals surface area contributed by atoms with Crippen molar-refractivity contribution in [1.29, 1.82) is 5.26 Å². The molecule has 2 N–H and O–H groups in total. The van der Waals surface area contributed by atoms with Crippen LogP contribution >= 0.6 is 0 Å². The fourth-order valence-corrected chi connectivity index (χ4v) is 2.39. The fourth-order valence-electron chi connectivity index (χ4n) is 0.944. The topological polar surface area (TPSA) is 90.2 Å². The Morgan fingerprint density at radius 3 is 2.29 bits per heavy atom. The highest BCUT2D eigenvalue weighted by molar-refractivity contribution is 7.90. The Kier molecular flexibility index (Phi) is 5.69. The maximum atomic E-state index is 11.5. The van der Waals surface area contributed by atoms with Crippen molar-refractivity contribution in [3.8, 4) is 6.07 Å². The van der Waals surface area contributed by atoms with Gasteiger partial charge in [-0.25, -0.2) is 13.1 Å². The summed E-state index contributed by atoms with van der Waals surface area (Å²) < 4.78 is 25.2. The van der Waals surface area contributed by atoms with Gasteiger partial charge in [0.25, 0.3) is 0 Å². The van der Waals surface area contributed by atoms with Gasteiger partial charge in [0, 0.05) is 6.04 Å². The monoisotopic (exact) mass is 220 g/mol. The van der Waals surface area contributed by atoms with Crippen LogP contribution in [0, 0.1) is 11.3 Å². The van der Waals surface area contributed by atoms with Crippen LogP contribution in [0.25, 0.3) is 0 Å². The van der Waals surface area contributed by atoms with Crippen molar-refractivity contribution >= 4 is 10.0 Å². The van der Waals surface area contributed by atoms with E-state index < -0.39 is 21.3 Å². The van der Waals surface area contributed by atoms with Crippen LogP contribution in [0.1, 0.15) is 26.7 Å². The molecule has 2 atom stereocenters. The van der Waals surface area contributed by atoms with E-state index in [1.54, 1.807) is 19.9 Å². The van der Waals surface area contributed by atoms with Crippen LogP contribution in [0.2, 0.25) is 0 Å². The van der Waals surface area contributed by atoms with Crippen LogP contribution in [0.15, 0.2) is 0 Å². The lowest BCUT2D eigenvalue weighted by molar-refractivity contribution is 0.253. The van der Waals surface area contributed by atoms with Crippen molar-refractivity contribution in [3.05, 3.63) is 0 Å². The average molecular weight is 220 g/mol. The molecule has 0 aliphatic heterocycles. The molecule has 0 fully saturated rings. The molecular weight excluding hydrogens is 204 g/mol. The predicted molar refractivity (Wildman–Crippen MR) is 52.9 cm³/mol. The molecule has 0 spiro atoms. The number of hydrogen-bond donors (Lipinski definition) is 2. The lowest BCUT2D eigenvalue weighted by Crippen LogP contribution is -2.41. The number of aliphatic hydroxyl groups excluding tert-OH is 1. The molecule has 1 unspecified atom stereocenters. The lowest BCUT2D eigenvalue weighted by Gasteiger charge is -2.16. The summed E-state index contributed by atoms with van der Waals surface area (Å²) >= 11 is 0. The fraction of sp³-hybridized carbons (Fsp3) is 0.875. The Balaban J connectivity index is 4.56. The number of nitriles is 1. The summed E-state index contributed by atoms with van der Waals surface area (Å²) in [5.74, 6) is 0. The molecule has 0 aliphatic carbocycles. The largest absolute Gasteiger partial charge is 0.395 e. The first kappa shape index (κ1) is 13.4. The van der Waals surface area contributed by atoms with Crippen molar-refractivity contribution in [2.75, 3.05) is 6.61 Å². The maximum absolute atomic E-state index is 11.5. The van der Waals surface area contributed by atoms with Gasteiger partial charge in [0.05, 0.1) is 12.7 Å². The molecule has 0 aliphatic rings. The molecule has 0 rings (SSSR count). The molecule has 82 valence electrons. The standard InChI is InChI=1S/C8H16N2O3S/c1-3-7(6-11)10-14(12,13)8(4-2)5-9/h7-8,10-11H,3-4,6H2,1-2H3/t7-,8?/m1/s1. The summed E-state index contributed by atoms with van der Waals surface area (Å²) in [4.78, 5) is 0. The second kappa shape index (κ2) is 5.96. The Labute approximate surface area is 84.8 Å². The molecule has 0 saturated carbocycles. The van der Waals surface area contributed by atoms with Gasteiger partial charge < -0.3 is 5.11 Å². The number of nitrogens with one attached hydrogen (secondary N) is 1. The van der Waals surface area contributed by atoms with E-state index in [4.69, 9.17) is 10.4 Å². The molecule has 0 bridgehead atoms. The van der Waals surface area contributed by atoms with Gasteiger partial charge in [0.1, 0.15) is 0 Å². The lowest BCUT2D eigenvalue weighted by atomic mass is 10.3. The highest BCUT2D eigenvalue weighted by Crippen LogP contribution is 2.04. The molecule has 0 aromatic carbocycles. The van der Waals surface area contributed by atoms with Gasteiger partial charge in [-0.3, -0.25) is 0 Å². The first-order chi connectivity index (χ1) is 6.51. The van der Waals surface area contributed by atoms with Crippen LogP contribution < -0.4 is 4.72 Å². The van der Waals surface area contributed by atoms with Crippen molar-refractivity contribution in [2.45, 2.75) is 38.0 Å². The number of sulfonamides is 1. The van der Waals surface area contributed by atoms with Crippen LogP contribution in [0.3, 0.4) is 0 Å². The summed E-state index contributed by atoms with van der Waals surface area (Å²) in [6.07, 6.45) is 0.741. The van der Waals surface area contributed by atoms with E-state index in [1.165, 1.54) is 0 Å². The third-order valence-electron chi connectivity index (χ3n) is 1.93. The molecule has 14 heavy (non-hydrogen) atoms. The zero-order valence-corrected chi connectivity index (χ0v) is 9.21. The predicted octanol–water partition coefficient (Wildman–Crippen LogP) is -0.0211. The molecule has 0 radical (unpaired) electrons. The molecule has 5 nitrogen and oxygen atoms in total. The summed E-state index contributed by atoms with van der Waals surface area (Å²) in [5.41, 5.74) is 0. The molecular formula is C8H16N2O3S. The quantitative estimate of drug-likeness (QED) is 0.658. The van der Waals surface area contributed by atoms with Crippen LogP contribution in [-0.2, 0) is 10.0 Å². The van der Waals surface area contributed by atoms with Crippen molar-refractivity contribution in [3.63, 3.8) is 0 Å².